The number of aromatic nitrogens is 1. The largest absolute Gasteiger partial charge is 0.543 e. The van der Waals surface area contributed by atoms with Gasteiger partial charge in [0.25, 0.3) is 0 Å². The predicted octanol–water partition coefficient (Wildman–Crippen LogP) is 2.11. The third kappa shape index (κ3) is 1.80. The normalized spacial score (nSPS) is 10.9. The molecule has 3 nitrogen and oxygen atoms in total. The van der Waals surface area contributed by atoms with Crippen LogP contribution in [0.1, 0.15) is 16.1 Å². The molecule has 1 aromatic carbocycles. The number of carboxylic acids is 1. The number of thiophene rings is 1. The zero-order valence-electron chi connectivity index (χ0n) is 9.50. The molecule has 0 aliphatic carbocycles. The first-order valence-corrected chi connectivity index (χ1v) is 6.45. The highest BCUT2D eigenvalue weighted by Crippen LogP contribution is 2.25. The number of hydrogen-bond acceptors (Lipinski definition) is 3. The minimum absolute atomic E-state index is 0.237. The molecule has 0 atom stereocenters. The van der Waals surface area contributed by atoms with Crippen molar-refractivity contribution in [2.24, 2.45) is 0 Å². The standard InChI is InChI=1S/C14H11NO2S/c16-14(17)12-8-13-11(6-7-18-13)15(12)9-10-4-2-1-3-5-10/h1-8H,9H2,(H,16,17)/p-1. The molecule has 0 spiro atoms. The van der Waals surface area contributed by atoms with E-state index < -0.39 is 5.97 Å². The van der Waals surface area contributed by atoms with Crippen molar-refractivity contribution < 1.29 is 9.90 Å². The third-order valence-corrected chi connectivity index (χ3v) is 3.77. The highest BCUT2D eigenvalue weighted by atomic mass is 32.1. The van der Waals surface area contributed by atoms with Gasteiger partial charge in [0.2, 0.25) is 0 Å². The van der Waals surface area contributed by atoms with E-state index in [0.29, 0.717) is 6.54 Å². The van der Waals surface area contributed by atoms with E-state index in [0.717, 1.165) is 15.8 Å². The van der Waals surface area contributed by atoms with Crippen molar-refractivity contribution in [1.82, 2.24) is 4.57 Å². The summed E-state index contributed by atoms with van der Waals surface area (Å²) in [6.45, 7) is 0.546. The second-order valence-electron chi connectivity index (χ2n) is 4.06. The number of nitrogens with zero attached hydrogens (tertiary/aromatic N) is 1. The van der Waals surface area contributed by atoms with Crippen molar-refractivity contribution in [3.8, 4) is 0 Å². The quantitative estimate of drug-likeness (QED) is 0.720. The number of fused-ring (bicyclic) bond motifs is 1. The number of rotatable bonds is 3. The van der Waals surface area contributed by atoms with E-state index in [2.05, 4.69) is 0 Å². The van der Waals surface area contributed by atoms with Gasteiger partial charge in [-0.1, -0.05) is 30.3 Å². The third-order valence-electron chi connectivity index (χ3n) is 2.92. The number of carboxylic acid groups (broad SMARTS) is 1. The second kappa shape index (κ2) is 4.31. The fourth-order valence-electron chi connectivity index (χ4n) is 2.08. The summed E-state index contributed by atoms with van der Waals surface area (Å²) in [6, 6.07) is 13.4. The van der Waals surface area contributed by atoms with Crippen LogP contribution >= 0.6 is 11.3 Å². The van der Waals surface area contributed by atoms with Gasteiger partial charge >= 0.3 is 0 Å². The highest BCUT2D eigenvalue weighted by Gasteiger charge is 2.10. The lowest BCUT2D eigenvalue weighted by molar-refractivity contribution is -0.255. The van der Waals surface area contributed by atoms with Gasteiger partial charge in [-0.3, -0.25) is 0 Å². The summed E-state index contributed by atoms with van der Waals surface area (Å²) in [5.41, 5.74) is 2.26. The van der Waals surface area contributed by atoms with E-state index in [1.165, 1.54) is 11.3 Å². The zero-order chi connectivity index (χ0) is 12.5. The Morgan fingerprint density at radius 1 is 1.22 bits per heavy atom. The number of benzene rings is 1. The van der Waals surface area contributed by atoms with Gasteiger partial charge in [-0.2, -0.15) is 0 Å². The molecule has 0 fully saturated rings. The molecule has 0 bridgehead atoms. The first-order chi connectivity index (χ1) is 8.75. The van der Waals surface area contributed by atoms with Crippen molar-refractivity contribution in [2.45, 2.75) is 6.54 Å². The molecule has 0 aliphatic heterocycles. The SMILES string of the molecule is O=C([O-])c1cc2sccc2n1Cc1ccccc1. The van der Waals surface area contributed by atoms with E-state index in [1.54, 1.807) is 10.6 Å². The summed E-state index contributed by atoms with van der Waals surface area (Å²) in [7, 11) is 0. The Morgan fingerprint density at radius 2 is 2.00 bits per heavy atom. The van der Waals surface area contributed by atoms with E-state index in [1.807, 2.05) is 41.8 Å². The molecule has 2 aromatic heterocycles. The number of hydrogen-bond donors (Lipinski definition) is 0. The lowest BCUT2D eigenvalue weighted by atomic mass is 10.2. The molecule has 2 heterocycles. The van der Waals surface area contributed by atoms with Crippen LogP contribution in [0.25, 0.3) is 10.2 Å². The summed E-state index contributed by atoms with van der Waals surface area (Å²) >= 11 is 1.54. The second-order valence-corrected chi connectivity index (χ2v) is 5.01. The summed E-state index contributed by atoms with van der Waals surface area (Å²) in [5.74, 6) is -1.13. The minimum Gasteiger partial charge on any atom is -0.543 e. The van der Waals surface area contributed by atoms with Gasteiger partial charge in [0.1, 0.15) is 0 Å². The fourth-order valence-corrected chi connectivity index (χ4v) is 2.90. The number of aromatic carboxylic acids is 1. The number of carbonyl (C=O) groups is 1. The van der Waals surface area contributed by atoms with Crippen LogP contribution in [-0.2, 0) is 6.54 Å². The molecular weight excluding hydrogens is 246 g/mol. The molecule has 18 heavy (non-hydrogen) atoms. The average Bonchev–Trinajstić information content (AvgIpc) is 2.93. The van der Waals surface area contributed by atoms with Gasteiger partial charge in [0.15, 0.2) is 0 Å². The van der Waals surface area contributed by atoms with Crippen LogP contribution < -0.4 is 5.11 Å². The molecule has 0 unspecified atom stereocenters. The molecule has 0 aliphatic rings. The molecule has 0 N–H and O–H groups in total. The van der Waals surface area contributed by atoms with E-state index in [4.69, 9.17) is 0 Å². The smallest absolute Gasteiger partial charge is 0.0880 e. The van der Waals surface area contributed by atoms with Crippen LogP contribution in [0.15, 0.2) is 47.8 Å². The molecule has 3 rings (SSSR count). The Morgan fingerprint density at radius 3 is 2.72 bits per heavy atom. The summed E-state index contributed by atoms with van der Waals surface area (Å²) in [6.07, 6.45) is 0. The van der Waals surface area contributed by atoms with Crippen LogP contribution in [0.4, 0.5) is 0 Å². The van der Waals surface area contributed by atoms with Crippen LogP contribution in [0.2, 0.25) is 0 Å². The van der Waals surface area contributed by atoms with Crippen LogP contribution in [0.3, 0.4) is 0 Å². The first-order valence-electron chi connectivity index (χ1n) is 5.58. The summed E-state index contributed by atoms with van der Waals surface area (Å²) < 4.78 is 2.77. The predicted molar refractivity (Wildman–Crippen MR) is 69.7 cm³/mol. The monoisotopic (exact) mass is 256 g/mol. The Balaban J connectivity index is 2.11. The lowest BCUT2D eigenvalue weighted by Gasteiger charge is -2.10. The van der Waals surface area contributed by atoms with Gasteiger partial charge in [-0.25, -0.2) is 0 Å². The van der Waals surface area contributed by atoms with Crippen molar-refractivity contribution in [2.75, 3.05) is 0 Å². The highest BCUT2D eigenvalue weighted by molar-refractivity contribution is 7.17. The maximum absolute atomic E-state index is 11.2. The maximum atomic E-state index is 11.2. The molecular formula is C14H10NO2S-. The van der Waals surface area contributed by atoms with Gasteiger partial charge in [-0.05, 0) is 23.1 Å². The lowest BCUT2D eigenvalue weighted by Crippen LogP contribution is -2.25. The Labute approximate surface area is 108 Å². The molecule has 0 saturated carbocycles. The van der Waals surface area contributed by atoms with Crippen molar-refractivity contribution in [1.29, 1.82) is 0 Å². The molecule has 4 heteroatoms. The Kier molecular flexibility index (Phi) is 2.64. The first kappa shape index (κ1) is 11.0. The van der Waals surface area contributed by atoms with E-state index in [-0.39, 0.29) is 5.69 Å². The zero-order valence-corrected chi connectivity index (χ0v) is 10.3. The van der Waals surface area contributed by atoms with Crippen LogP contribution in [0.5, 0.6) is 0 Å². The van der Waals surface area contributed by atoms with Crippen LogP contribution in [0, 0.1) is 0 Å². The number of carbonyl (C=O) groups excluding carboxylic acids is 1. The Bertz CT molecular complexity index is 697. The van der Waals surface area contributed by atoms with Gasteiger partial charge in [-0.15, -0.1) is 11.3 Å². The fraction of sp³-hybridized carbons (Fsp3) is 0.0714. The van der Waals surface area contributed by atoms with E-state index >= 15 is 0 Å². The average molecular weight is 256 g/mol. The van der Waals surface area contributed by atoms with Crippen LogP contribution in [-0.4, -0.2) is 10.5 Å². The minimum atomic E-state index is -1.13. The van der Waals surface area contributed by atoms with Crippen molar-refractivity contribution >= 4 is 27.5 Å². The summed E-state index contributed by atoms with van der Waals surface area (Å²) in [4.78, 5) is 11.2. The molecule has 0 amide bonds. The van der Waals surface area contributed by atoms with Crippen molar-refractivity contribution in [3.05, 3.63) is 59.1 Å². The topological polar surface area (TPSA) is 45.1 Å². The molecule has 0 saturated heterocycles. The van der Waals surface area contributed by atoms with Gasteiger partial charge in [0.05, 0.1) is 21.9 Å². The summed E-state index contributed by atoms with van der Waals surface area (Å²) in [5, 5.41) is 13.1. The van der Waals surface area contributed by atoms with Gasteiger partial charge in [0, 0.05) is 6.54 Å². The van der Waals surface area contributed by atoms with Gasteiger partial charge < -0.3 is 14.5 Å². The van der Waals surface area contributed by atoms with E-state index in [9.17, 15) is 9.90 Å². The maximum Gasteiger partial charge on any atom is 0.0880 e. The molecule has 3 aromatic rings. The molecule has 0 radical (unpaired) electrons. The molecule has 90 valence electrons. The Hall–Kier alpha value is -2.07. The van der Waals surface area contributed by atoms with Crippen molar-refractivity contribution in [3.63, 3.8) is 0 Å².